The third-order valence-electron chi connectivity index (χ3n) is 5.39. The number of benzene rings is 2. The number of hydrogen-bond acceptors (Lipinski definition) is 4. The standard InChI is InChI=1S/C21H23N3O4S/c1-14-12-16-4-2-3-5-19(16)24(14)21(26)10-11-22-29(27,28)17-7-8-18-15(13-17)6-9-20(25)23-18/h2-5,7-8,13-14,22H,6,9-12H2,1H3,(H,23,25)/t14-/m1/s1. The van der Waals surface area contributed by atoms with E-state index in [-0.39, 0.29) is 35.7 Å². The Hall–Kier alpha value is -2.71. The lowest BCUT2D eigenvalue weighted by Crippen LogP contribution is -2.38. The normalized spacial score (nSPS) is 18.2. The first-order chi connectivity index (χ1) is 13.8. The van der Waals surface area contributed by atoms with Crippen LogP contribution in [0, 0.1) is 0 Å². The van der Waals surface area contributed by atoms with E-state index in [1.54, 1.807) is 17.0 Å². The summed E-state index contributed by atoms with van der Waals surface area (Å²) in [6.07, 6.45) is 1.74. The van der Waals surface area contributed by atoms with Gasteiger partial charge >= 0.3 is 0 Å². The van der Waals surface area contributed by atoms with E-state index in [1.807, 2.05) is 31.2 Å². The molecular weight excluding hydrogens is 390 g/mol. The van der Waals surface area contributed by atoms with Crippen molar-refractivity contribution in [3.8, 4) is 0 Å². The molecule has 2 aliphatic rings. The van der Waals surface area contributed by atoms with Crippen molar-refractivity contribution in [1.82, 2.24) is 4.72 Å². The lowest BCUT2D eigenvalue weighted by atomic mass is 10.0. The van der Waals surface area contributed by atoms with Gasteiger partial charge in [0.15, 0.2) is 0 Å². The van der Waals surface area contributed by atoms with Crippen LogP contribution in [0.25, 0.3) is 0 Å². The van der Waals surface area contributed by atoms with Crippen LogP contribution >= 0.6 is 0 Å². The van der Waals surface area contributed by atoms with Gasteiger partial charge in [-0.05, 0) is 55.2 Å². The average Bonchev–Trinajstić information content (AvgIpc) is 3.03. The Morgan fingerprint density at radius 3 is 2.79 bits per heavy atom. The summed E-state index contributed by atoms with van der Waals surface area (Å²) in [4.78, 5) is 26.1. The van der Waals surface area contributed by atoms with Crippen LogP contribution in [0.15, 0.2) is 47.4 Å². The molecule has 1 atom stereocenters. The Balaban J connectivity index is 1.40. The molecule has 2 amide bonds. The maximum atomic E-state index is 12.7. The minimum Gasteiger partial charge on any atom is -0.326 e. The largest absolute Gasteiger partial charge is 0.326 e. The maximum Gasteiger partial charge on any atom is 0.240 e. The van der Waals surface area contributed by atoms with Gasteiger partial charge in [-0.3, -0.25) is 9.59 Å². The predicted octanol–water partition coefficient (Wildman–Crippen LogP) is 2.22. The van der Waals surface area contributed by atoms with Crippen molar-refractivity contribution in [2.45, 2.75) is 43.5 Å². The van der Waals surface area contributed by atoms with E-state index in [2.05, 4.69) is 10.0 Å². The van der Waals surface area contributed by atoms with Gasteiger partial charge in [0.2, 0.25) is 21.8 Å². The van der Waals surface area contributed by atoms with Crippen molar-refractivity contribution >= 4 is 33.2 Å². The monoisotopic (exact) mass is 413 g/mol. The molecule has 0 aromatic heterocycles. The summed E-state index contributed by atoms with van der Waals surface area (Å²) in [5, 5.41) is 2.74. The van der Waals surface area contributed by atoms with Crippen molar-refractivity contribution in [3.63, 3.8) is 0 Å². The first kappa shape index (κ1) is 19.6. The van der Waals surface area contributed by atoms with Crippen LogP contribution in [0.1, 0.15) is 30.9 Å². The lowest BCUT2D eigenvalue weighted by Gasteiger charge is -2.23. The van der Waals surface area contributed by atoms with Crippen LogP contribution in [-0.2, 0) is 32.5 Å². The minimum atomic E-state index is -3.73. The molecule has 2 aliphatic heterocycles. The van der Waals surface area contributed by atoms with Gasteiger partial charge in [0.1, 0.15) is 0 Å². The summed E-state index contributed by atoms with van der Waals surface area (Å²) in [5.41, 5.74) is 3.49. The highest BCUT2D eigenvalue weighted by atomic mass is 32.2. The van der Waals surface area contributed by atoms with E-state index >= 15 is 0 Å². The Morgan fingerprint density at radius 1 is 1.17 bits per heavy atom. The van der Waals surface area contributed by atoms with Gasteiger partial charge in [-0.2, -0.15) is 0 Å². The third kappa shape index (κ3) is 3.90. The number of fused-ring (bicyclic) bond motifs is 2. The van der Waals surface area contributed by atoms with E-state index in [0.717, 1.165) is 23.2 Å². The summed E-state index contributed by atoms with van der Waals surface area (Å²) in [6, 6.07) is 12.5. The molecule has 0 spiro atoms. The lowest BCUT2D eigenvalue weighted by molar-refractivity contribution is -0.119. The van der Waals surface area contributed by atoms with Gasteiger partial charge in [-0.1, -0.05) is 18.2 Å². The van der Waals surface area contributed by atoms with Gasteiger partial charge in [0.25, 0.3) is 0 Å². The number of nitrogens with one attached hydrogen (secondary N) is 2. The molecule has 2 aromatic rings. The van der Waals surface area contributed by atoms with Gasteiger partial charge in [-0.25, -0.2) is 13.1 Å². The van der Waals surface area contributed by atoms with Gasteiger partial charge < -0.3 is 10.2 Å². The Morgan fingerprint density at radius 2 is 1.97 bits per heavy atom. The fourth-order valence-electron chi connectivity index (χ4n) is 3.97. The quantitative estimate of drug-likeness (QED) is 0.786. The van der Waals surface area contributed by atoms with Crippen molar-refractivity contribution in [3.05, 3.63) is 53.6 Å². The van der Waals surface area contributed by atoms with E-state index in [4.69, 9.17) is 0 Å². The zero-order chi connectivity index (χ0) is 20.6. The van der Waals surface area contributed by atoms with E-state index < -0.39 is 10.0 Å². The van der Waals surface area contributed by atoms with E-state index in [1.165, 1.54) is 6.07 Å². The molecule has 2 N–H and O–H groups in total. The molecular formula is C21H23N3O4S. The molecule has 7 nitrogen and oxygen atoms in total. The number of sulfonamides is 1. The summed E-state index contributed by atoms with van der Waals surface area (Å²) in [6.45, 7) is 2.02. The van der Waals surface area contributed by atoms with Crippen LogP contribution in [0.5, 0.6) is 0 Å². The molecule has 2 heterocycles. The fourth-order valence-corrected chi connectivity index (χ4v) is 5.05. The Kier molecular flexibility index (Phi) is 5.14. The second-order valence-electron chi connectivity index (χ2n) is 7.46. The van der Waals surface area contributed by atoms with Crippen molar-refractivity contribution < 1.29 is 18.0 Å². The highest BCUT2D eigenvalue weighted by Crippen LogP contribution is 2.32. The number of anilines is 2. The van der Waals surface area contributed by atoms with Crippen molar-refractivity contribution in [2.24, 2.45) is 0 Å². The van der Waals surface area contributed by atoms with Gasteiger partial charge in [0.05, 0.1) is 4.90 Å². The molecule has 8 heteroatoms. The van der Waals surface area contributed by atoms with Crippen LogP contribution in [0.2, 0.25) is 0 Å². The summed E-state index contributed by atoms with van der Waals surface area (Å²) < 4.78 is 27.8. The third-order valence-corrected chi connectivity index (χ3v) is 6.85. The second kappa shape index (κ2) is 7.61. The molecule has 0 unspecified atom stereocenters. The number of carbonyl (C=O) groups is 2. The van der Waals surface area contributed by atoms with Crippen LogP contribution in [0.4, 0.5) is 11.4 Å². The SMILES string of the molecule is C[C@@H]1Cc2ccccc2N1C(=O)CCNS(=O)(=O)c1ccc2c(c1)CCC(=O)N2. The Bertz CT molecular complexity index is 1080. The van der Waals surface area contributed by atoms with E-state index in [9.17, 15) is 18.0 Å². The number of amides is 2. The second-order valence-corrected chi connectivity index (χ2v) is 9.23. The number of carbonyl (C=O) groups excluding carboxylic acids is 2. The number of nitrogens with zero attached hydrogens (tertiary/aromatic N) is 1. The predicted molar refractivity (Wildman–Crippen MR) is 110 cm³/mol. The summed E-state index contributed by atoms with van der Waals surface area (Å²) in [5.74, 6) is -0.166. The fraction of sp³-hybridized carbons (Fsp3) is 0.333. The number of aryl methyl sites for hydroxylation is 1. The average molecular weight is 413 g/mol. The summed E-state index contributed by atoms with van der Waals surface area (Å²) >= 11 is 0. The number of rotatable bonds is 5. The van der Waals surface area contributed by atoms with Crippen LogP contribution in [0.3, 0.4) is 0 Å². The first-order valence-electron chi connectivity index (χ1n) is 9.67. The minimum absolute atomic E-state index is 0.0281. The summed E-state index contributed by atoms with van der Waals surface area (Å²) in [7, 11) is -3.73. The molecule has 0 aliphatic carbocycles. The highest BCUT2D eigenvalue weighted by Gasteiger charge is 2.30. The molecule has 0 saturated carbocycles. The molecule has 0 radical (unpaired) electrons. The van der Waals surface area contributed by atoms with Crippen LogP contribution < -0.4 is 14.9 Å². The molecule has 0 saturated heterocycles. The van der Waals surface area contributed by atoms with Crippen molar-refractivity contribution in [2.75, 3.05) is 16.8 Å². The highest BCUT2D eigenvalue weighted by molar-refractivity contribution is 7.89. The number of hydrogen-bond donors (Lipinski definition) is 2. The van der Waals surface area contributed by atoms with Gasteiger partial charge in [0, 0.05) is 36.8 Å². The number of para-hydroxylation sites is 1. The molecule has 2 aromatic carbocycles. The molecule has 29 heavy (non-hydrogen) atoms. The first-order valence-corrected chi connectivity index (χ1v) is 11.2. The van der Waals surface area contributed by atoms with E-state index in [0.29, 0.717) is 18.5 Å². The topological polar surface area (TPSA) is 95.6 Å². The molecule has 0 bridgehead atoms. The molecule has 4 rings (SSSR count). The molecule has 0 fully saturated rings. The zero-order valence-electron chi connectivity index (χ0n) is 16.1. The van der Waals surface area contributed by atoms with Gasteiger partial charge in [-0.15, -0.1) is 0 Å². The Labute approximate surface area is 170 Å². The van der Waals surface area contributed by atoms with Crippen LogP contribution in [-0.4, -0.2) is 32.8 Å². The maximum absolute atomic E-state index is 12.7. The van der Waals surface area contributed by atoms with Crippen molar-refractivity contribution in [1.29, 1.82) is 0 Å². The smallest absolute Gasteiger partial charge is 0.240 e. The zero-order valence-corrected chi connectivity index (χ0v) is 17.0. The molecule has 152 valence electrons.